The molecule has 3 nitrogen and oxygen atoms in total. The van der Waals surface area contributed by atoms with Gasteiger partial charge in [0.1, 0.15) is 11.5 Å². The Morgan fingerprint density at radius 1 is 1.07 bits per heavy atom. The molecule has 0 heterocycles. The maximum Gasteiger partial charge on any atom is 0.128 e. The lowest BCUT2D eigenvalue weighted by Gasteiger charge is -2.18. The first-order valence-corrected chi connectivity index (χ1v) is 4.93. The zero-order valence-corrected chi connectivity index (χ0v) is 9.92. The van der Waals surface area contributed by atoms with Crippen LogP contribution in [0, 0.1) is 13.8 Å². The van der Waals surface area contributed by atoms with Crippen LogP contribution in [0.2, 0.25) is 0 Å². The van der Waals surface area contributed by atoms with Crippen LogP contribution in [-0.4, -0.2) is 19.3 Å². The Morgan fingerprint density at radius 3 is 2.00 bits per heavy atom. The molecule has 0 aliphatic rings. The van der Waals surface area contributed by atoms with Gasteiger partial charge in [-0.1, -0.05) is 0 Å². The van der Waals surface area contributed by atoms with E-state index < -0.39 is 6.10 Å². The Kier molecular flexibility index (Phi) is 3.58. The van der Waals surface area contributed by atoms with Crippen molar-refractivity contribution >= 4 is 0 Å². The Hall–Kier alpha value is -1.22. The number of benzene rings is 1. The van der Waals surface area contributed by atoms with Gasteiger partial charge < -0.3 is 14.6 Å². The van der Waals surface area contributed by atoms with Crippen LogP contribution in [0.3, 0.4) is 0 Å². The molecule has 1 aromatic rings. The first-order valence-electron chi connectivity index (χ1n) is 4.93. The van der Waals surface area contributed by atoms with Crippen LogP contribution in [0.25, 0.3) is 0 Å². The van der Waals surface area contributed by atoms with Crippen molar-refractivity contribution in [2.24, 2.45) is 0 Å². The van der Waals surface area contributed by atoms with E-state index in [2.05, 4.69) is 0 Å². The van der Waals surface area contributed by atoms with Crippen LogP contribution in [0.5, 0.6) is 11.5 Å². The van der Waals surface area contributed by atoms with E-state index in [1.54, 1.807) is 21.1 Å². The van der Waals surface area contributed by atoms with Crippen molar-refractivity contribution in [1.82, 2.24) is 0 Å². The largest absolute Gasteiger partial charge is 0.496 e. The summed E-state index contributed by atoms with van der Waals surface area (Å²) in [4.78, 5) is 0. The van der Waals surface area contributed by atoms with Gasteiger partial charge in [0, 0.05) is 11.6 Å². The highest BCUT2D eigenvalue weighted by Crippen LogP contribution is 2.36. The fourth-order valence-corrected chi connectivity index (χ4v) is 1.78. The molecule has 0 aliphatic carbocycles. The highest BCUT2D eigenvalue weighted by molar-refractivity contribution is 5.52. The highest BCUT2D eigenvalue weighted by atomic mass is 16.5. The standard InChI is InChI=1S/C12H18O3/c1-7-8(2)12(9(3)13)11(15-5)6-10(7)14-4/h6,9,13H,1-5H3. The molecule has 1 unspecified atom stereocenters. The van der Waals surface area contributed by atoms with E-state index >= 15 is 0 Å². The smallest absolute Gasteiger partial charge is 0.128 e. The van der Waals surface area contributed by atoms with E-state index in [1.807, 2.05) is 19.9 Å². The predicted molar refractivity (Wildman–Crippen MR) is 59.7 cm³/mol. The zero-order valence-electron chi connectivity index (χ0n) is 9.92. The summed E-state index contributed by atoms with van der Waals surface area (Å²) in [6.07, 6.45) is -0.537. The summed E-state index contributed by atoms with van der Waals surface area (Å²) in [5.41, 5.74) is 2.88. The molecule has 0 radical (unpaired) electrons. The number of hydrogen-bond acceptors (Lipinski definition) is 3. The van der Waals surface area contributed by atoms with Crippen molar-refractivity contribution in [3.05, 3.63) is 22.8 Å². The third-order valence-electron chi connectivity index (χ3n) is 2.72. The maximum atomic E-state index is 9.68. The summed E-state index contributed by atoms with van der Waals surface area (Å²) < 4.78 is 10.5. The quantitative estimate of drug-likeness (QED) is 0.832. The molecule has 0 aromatic heterocycles. The van der Waals surface area contributed by atoms with Gasteiger partial charge in [-0.25, -0.2) is 0 Å². The van der Waals surface area contributed by atoms with Gasteiger partial charge in [0.15, 0.2) is 0 Å². The van der Waals surface area contributed by atoms with Crippen LogP contribution in [0.1, 0.15) is 29.7 Å². The summed E-state index contributed by atoms with van der Waals surface area (Å²) in [5.74, 6) is 1.46. The van der Waals surface area contributed by atoms with Gasteiger partial charge in [0.25, 0.3) is 0 Å². The zero-order chi connectivity index (χ0) is 11.6. The molecule has 1 rings (SSSR count). The molecule has 0 saturated heterocycles. The van der Waals surface area contributed by atoms with E-state index in [4.69, 9.17) is 9.47 Å². The molecule has 1 atom stereocenters. The van der Waals surface area contributed by atoms with E-state index in [0.717, 1.165) is 22.4 Å². The number of rotatable bonds is 3. The van der Waals surface area contributed by atoms with Gasteiger partial charge in [0.05, 0.1) is 20.3 Å². The molecule has 0 saturated carbocycles. The Bertz CT molecular complexity index is 356. The number of aliphatic hydroxyl groups is 1. The lowest BCUT2D eigenvalue weighted by molar-refractivity contribution is 0.193. The molecule has 1 N–H and O–H groups in total. The number of methoxy groups -OCH3 is 2. The second kappa shape index (κ2) is 4.53. The second-order valence-corrected chi connectivity index (χ2v) is 3.62. The molecule has 1 aromatic carbocycles. The Labute approximate surface area is 90.6 Å². The van der Waals surface area contributed by atoms with Gasteiger partial charge in [0.2, 0.25) is 0 Å². The summed E-state index contributed by atoms with van der Waals surface area (Å²) in [6.45, 7) is 5.67. The highest BCUT2D eigenvalue weighted by Gasteiger charge is 2.16. The molecule has 0 amide bonds. The molecule has 15 heavy (non-hydrogen) atoms. The summed E-state index contributed by atoms with van der Waals surface area (Å²) in [5, 5.41) is 9.68. The molecule has 84 valence electrons. The molecular weight excluding hydrogens is 192 g/mol. The van der Waals surface area contributed by atoms with Gasteiger partial charge in [-0.2, -0.15) is 0 Å². The maximum absolute atomic E-state index is 9.68. The molecule has 3 heteroatoms. The first kappa shape index (κ1) is 11.9. The van der Waals surface area contributed by atoms with E-state index in [9.17, 15) is 5.11 Å². The van der Waals surface area contributed by atoms with Crippen LogP contribution >= 0.6 is 0 Å². The van der Waals surface area contributed by atoms with Crippen LogP contribution in [-0.2, 0) is 0 Å². The van der Waals surface area contributed by atoms with E-state index in [0.29, 0.717) is 5.75 Å². The SMILES string of the molecule is COc1cc(OC)c(C(C)O)c(C)c1C. The molecule has 0 fully saturated rings. The number of aliphatic hydroxyl groups excluding tert-OH is 1. The molecule has 0 bridgehead atoms. The minimum Gasteiger partial charge on any atom is -0.496 e. The molecule has 0 spiro atoms. The third-order valence-corrected chi connectivity index (χ3v) is 2.72. The van der Waals surface area contributed by atoms with Crippen molar-refractivity contribution in [2.45, 2.75) is 26.9 Å². The van der Waals surface area contributed by atoms with E-state index in [1.165, 1.54) is 0 Å². The normalized spacial score (nSPS) is 12.4. The molecular formula is C12H18O3. The number of hydrogen-bond donors (Lipinski definition) is 1. The van der Waals surface area contributed by atoms with E-state index in [-0.39, 0.29) is 0 Å². The number of ether oxygens (including phenoxy) is 2. The average Bonchev–Trinajstić information content (AvgIpc) is 2.20. The lowest BCUT2D eigenvalue weighted by Crippen LogP contribution is -2.03. The van der Waals surface area contributed by atoms with Crippen molar-refractivity contribution in [3.8, 4) is 11.5 Å². The topological polar surface area (TPSA) is 38.7 Å². The van der Waals surface area contributed by atoms with Gasteiger partial charge in [-0.15, -0.1) is 0 Å². The van der Waals surface area contributed by atoms with Crippen molar-refractivity contribution in [3.63, 3.8) is 0 Å². The second-order valence-electron chi connectivity index (χ2n) is 3.62. The third kappa shape index (κ3) is 2.07. The summed E-state index contributed by atoms with van der Waals surface area (Å²) in [7, 11) is 3.22. The van der Waals surface area contributed by atoms with Gasteiger partial charge >= 0.3 is 0 Å². The van der Waals surface area contributed by atoms with Gasteiger partial charge in [-0.3, -0.25) is 0 Å². The minimum absolute atomic E-state index is 0.537. The van der Waals surface area contributed by atoms with Crippen molar-refractivity contribution < 1.29 is 14.6 Å². The molecule has 0 aliphatic heterocycles. The summed E-state index contributed by atoms with van der Waals surface area (Å²) in [6, 6.07) is 1.81. The van der Waals surface area contributed by atoms with Crippen molar-refractivity contribution in [2.75, 3.05) is 14.2 Å². The fraction of sp³-hybridized carbons (Fsp3) is 0.500. The average molecular weight is 210 g/mol. The summed E-state index contributed by atoms with van der Waals surface area (Å²) >= 11 is 0. The van der Waals surface area contributed by atoms with Crippen LogP contribution in [0.15, 0.2) is 6.07 Å². The fourth-order valence-electron chi connectivity index (χ4n) is 1.78. The van der Waals surface area contributed by atoms with Crippen LogP contribution in [0.4, 0.5) is 0 Å². The van der Waals surface area contributed by atoms with Crippen molar-refractivity contribution in [1.29, 1.82) is 0 Å². The predicted octanol–water partition coefficient (Wildman–Crippen LogP) is 2.37. The lowest BCUT2D eigenvalue weighted by atomic mass is 9.98. The monoisotopic (exact) mass is 210 g/mol. The van der Waals surface area contributed by atoms with Gasteiger partial charge in [-0.05, 0) is 31.9 Å². The minimum atomic E-state index is -0.537. The first-order chi connectivity index (χ1) is 7.02. The van der Waals surface area contributed by atoms with Crippen LogP contribution < -0.4 is 9.47 Å². The Morgan fingerprint density at radius 2 is 1.60 bits per heavy atom. The Balaban J connectivity index is 3.44.